The zero-order valence-electron chi connectivity index (χ0n) is 13.4. The van der Waals surface area contributed by atoms with Crippen molar-refractivity contribution in [3.8, 4) is 0 Å². The number of fused-ring (bicyclic) bond motifs is 1. The summed E-state index contributed by atoms with van der Waals surface area (Å²) in [6.45, 7) is 0.692. The number of sulfonamides is 1. The van der Waals surface area contributed by atoms with E-state index < -0.39 is 10.0 Å². The van der Waals surface area contributed by atoms with E-state index in [4.69, 9.17) is 0 Å². The van der Waals surface area contributed by atoms with E-state index in [1.807, 2.05) is 37.3 Å². The van der Waals surface area contributed by atoms with Crippen LogP contribution in [0.15, 0.2) is 29.4 Å². The molecular weight excluding hydrogens is 300 g/mol. The van der Waals surface area contributed by atoms with Crippen molar-refractivity contribution in [2.24, 2.45) is 4.99 Å². The van der Waals surface area contributed by atoms with Crippen molar-refractivity contribution in [3.63, 3.8) is 0 Å². The molecule has 2 aromatic rings. The number of aromatic nitrogens is 1. The van der Waals surface area contributed by atoms with Crippen LogP contribution in [0.5, 0.6) is 0 Å². The molecule has 1 heterocycles. The number of hydrogen-bond acceptors (Lipinski definition) is 3. The molecule has 6 nitrogen and oxygen atoms in total. The summed E-state index contributed by atoms with van der Waals surface area (Å²) in [5, 5.41) is 1.04. The van der Waals surface area contributed by atoms with E-state index in [0.29, 0.717) is 12.2 Å². The second-order valence-corrected chi connectivity index (χ2v) is 7.52. The third-order valence-electron chi connectivity index (χ3n) is 3.43. The Hall–Kier alpha value is -2.02. The number of rotatable bonds is 6. The van der Waals surface area contributed by atoms with Crippen molar-refractivity contribution in [1.82, 2.24) is 9.88 Å². The fraction of sp³-hybridized carbons (Fsp3) is 0.400. The van der Waals surface area contributed by atoms with Crippen LogP contribution < -0.4 is 4.31 Å². The lowest BCUT2D eigenvalue weighted by molar-refractivity contribution is 0.600. The number of aromatic amines is 1. The Morgan fingerprint density at radius 3 is 2.64 bits per heavy atom. The fourth-order valence-corrected chi connectivity index (χ4v) is 2.66. The second kappa shape index (κ2) is 6.39. The SMILES string of the molecule is CN(C)C=NCCc1c[nH]c2ccc(N(C)S(C)(=O)=O)cc12. The van der Waals surface area contributed by atoms with Crippen molar-refractivity contribution in [2.45, 2.75) is 6.42 Å². The Morgan fingerprint density at radius 1 is 1.27 bits per heavy atom. The Labute approximate surface area is 131 Å². The van der Waals surface area contributed by atoms with Crippen LogP contribution in [0.4, 0.5) is 5.69 Å². The average molecular weight is 322 g/mol. The molecule has 1 aromatic carbocycles. The molecular formula is C15H22N4O2S. The van der Waals surface area contributed by atoms with Gasteiger partial charge >= 0.3 is 0 Å². The lowest BCUT2D eigenvalue weighted by Crippen LogP contribution is -2.24. The molecule has 0 amide bonds. The van der Waals surface area contributed by atoms with Crippen LogP contribution in [0.3, 0.4) is 0 Å². The van der Waals surface area contributed by atoms with E-state index in [0.717, 1.165) is 22.9 Å². The van der Waals surface area contributed by atoms with Crippen LogP contribution in [0.25, 0.3) is 10.9 Å². The van der Waals surface area contributed by atoms with Crippen LogP contribution in [-0.2, 0) is 16.4 Å². The standard InChI is InChI=1S/C15H22N4O2S/c1-18(2)11-16-8-7-12-10-17-15-6-5-13(9-14(12)15)19(3)22(4,20)21/h5-6,9-11,17H,7-8H2,1-4H3. The molecule has 22 heavy (non-hydrogen) atoms. The summed E-state index contributed by atoms with van der Waals surface area (Å²) in [4.78, 5) is 9.44. The minimum Gasteiger partial charge on any atom is -0.369 e. The highest BCUT2D eigenvalue weighted by atomic mass is 32.2. The van der Waals surface area contributed by atoms with Crippen molar-refractivity contribution in [1.29, 1.82) is 0 Å². The van der Waals surface area contributed by atoms with Crippen LogP contribution >= 0.6 is 0 Å². The summed E-state index contributed by atoms with van der Waals surface area (Å²) in [5.74, 6) is 0. The Bertz CT molecular complexity index is 778. The number of aliphatic imine (C=N–C) groups is 1. The van der Waals surface area contributed by atoms with Gasteiger partial charge in [0, 0.05) is 44.8 Å². The normalized spacial score (nSPS) is 12.2. The molecule has 0 atom stereocenters. The largest absolute Gasteiger partial charge is 0.369 e. The van der Waals surface area contributed by atoms with E-state index >= 15 is 0 Å². The molecule has 0 fully saturated rings. The number of anilines is 1. The third kappa shape index (κ3) is 3.79. The smallest absolute Gasteiger partial charge is 0.231 e. The molecule has 7 heteroatoms. The molecule has 0 saturated carbocycles. The zero-order valence-corrected chi connectivity index (χ0v) is 14.2. The summed E-state index contributed by atoms with van der Waals surface area (Å²) < 4.78 is 24.6. The predicted octanol–water partition coefficient (Wildman–Crippen LogP) is 1.70. The number of nitrogens with one attached hydrogen (secondary N) is 1. The first-order chi connectivity index (χ1) is 10.3. The maximum atomic E-state index is 11.7. The van der Waals surface area contributed by atoms with Gasteiger partial charge in [-0.1, -0.05) is 0 Å². The van der Waals surface area contributed by atoms with Gasteiger partial charge in [-0.15, -0.1) is 0 Å². The van der Waals surface area contributed by atoms with E-state index in [1.165, 1.54) is 10.6 Å². The fourth-order valence-electron chi connectivity index (χ4n) is 2.17. The molecule has 0 aliphatic rings. The van der Waals surface area contributed by atoms with Gasteiger partial charge in [0.15, 0.2) is 0 Å². The number of benzene rings is 1. The van der Waals surface area contributed by atoms with Crippen molar-refractivity contribution >= 4 is 33.0 Å². The Kier molecular flexibility index (Phi) is 4.75. The molecule has 1 aromatic heterocycles. The highest BCUT2D eigenvalue weighted by Gasteiger charge is 2.13. The summed E-state index contributed by atoms with van der Waals surface area (Å²) in [6.07, 6.45) is 5.75. The molecule has 0 bridgehead atoms. The van der Waals surface area contributed by atoms with Gasteiger partial charge in [0.2, 0.25) is 10.0 Å². The highest BCUT2D eigenvalue weighted by Crippen LogP contribution is 2.25. The second-order valence-electron chi connectivity index (χ2n) is 5.51. The molecule has 0 saturated heterocycles. The van der Waals surface area contributed by atoms with Gasteiger partial charge in [-0.3, -0.25) is 9.30 Å². The van der Waals surface area contributed by atoms with Gasteiger partial charge in [0.25, 0.3) is 0 Å². The third-order valence-corrected chi connectivity index (χ3v) is 4.64. The van der Waals surface area contributed by atoms with Crippen molar-refractivity contribution in [3.05, 3.63) is 30.0 Å². The first-order valence-corrected chi connectivity index (χ1v) is 8.84. The van der Waals surface area contributed by atoms with E-state index in [2.05, 4.69) is 9.98 Å². The van der Waals surface area contributed by atoms with Crippen molar-refractivity contribution < 1.29 is 8.42 Å². The molecule has 0 radical (unpaired) electrons. The molecule has 2 rings (SSSR count). The molecule has 1 N–H and O–H groups in total. The maximum Gasteiger partial charge on any atom is 0.231 e. The van der Waals surface area contributed by atoms with Crippen LogP contribution in [0.1, 0.15) is 5.56 Å². The van der Waals surface area contributed by atoms with E-state index in [1.54, 1.807) is 19.5 Å². The average Bonchev–Trinajstić information content (AvgIpc) is 2.84. The van der Waals surface area contributed by atoms with Gasteiger partial charge in [0.1, 0.15) is 0 Å². The lowest BCUT2D eigenvalue weighted by Gasteiger charge is -2.16. The molecule has 0 spiro atoms. The Morgan fingerprint density at radius 2 is 2.00 bits per heavy atom. The van der Waals surface area contributed by atoms with Gasteiger partial charge < -0.3 is 9.88 Å². The van der Waals surface area contributed by atoms with Gasteiger partial charge in [0.05, 0.1) is 18.3 Å². The van der Waals surface area contributed by atoms with E-state index in [-0.39, 0.29) is 0 Å². The number of hydrogen-bond donors (Lipinski definition) is 1. The van der Waals surface area contributed by atoms with E-state index in [9.17, 15) is 8.42 Å². The first kappa shape index (κ1) is 16.4. The van der Waals surface area contributed by atoms with Crippen LogP contribution in [0, 0.1) is 0 Å². The van der Waals surface area contributed by atoms with Gasteiger partial charge in [-0.25, -0.2) is 8.42 Å². The zero-order chi connectivity index (χ0) is 16.3. The van der Waals surface area contributed by atoms with Crippen LogP contribution in [0.2, 0.25) is 0 Å². The molecule has 0 aliphatic carbocycles. The maximum absolute atomic E-state index is 11.7. The monoisotopic (exact) mass is 322 g/mol. The topological polar surface area (TPSA) is 68.8 Å². The number of H-pyrrole nitrogens is 1. The number of nitrogens with zero attached hydrogens (tertiary/aromatic N) is 3. The summed E-state index contributed by atoms with van der Waals surface area (Å²) in [7, 11) is 2.17. The summed E-state index contributed by atoms with van der Waals surface area (Å²) >= 11 is 0. The van der Waals surface area contributed by atoms with Gasteiger partial charge in [-0.2, -0.15) is 0 Å². The minimum absolute atomic E-state index is 0.660. The highest BCUT2D eigenvalue weighted by molar-refractivity contribution is 7.92. The first-order valence-electron chi connectivity index (χ1n) is 6.99. The summed E-state index contributed by atoms with van der Waals surface area (Å²) in [6, 6.07) is 5.60. The molecule has 120 valence electrons. The van der Waals surface area contributed by atoms with Crippen molar-refractivity contribution in [2.75, 3.05) is 38.2 Å². The molecule has 0 aliphatic heterocycles. The predicted molar refractivity (Wildman–Crippen MR) is 92.3 cm³/mol. The molecule has 0 unspecified atom stereocenters. The van der Waals surface area contributed by atoms with Gasteiger partial charge in [-0.05, 0) is 30.2 Å². The van der Waals surface area contributed by atoms with Crippen LogP contribution in [-0.4, -0.2) is 58.6 Å². The minimum atomic E-state index is -3.26. The quantitative estimate of drug-likeness (QED) is 0.650. The Balaban J connectivity index is 2.26. The lowest BCUT2D eigenvalue weighted by atomic mass is 10.1. The summed E-state index contributed by atoms with van der Waals surface area (Å²) in [5.41, 5.74) is 2.79.